The van der Waals surface area contributed by atoms with Gasteiger partial charge in [-0.2, -0.15) is 0 Å². The van der Waals surface area contributed by atoms with Crippen LogP contribution in [0.25, 0.3) is 0 Å². The number of nitrogens with zero attached hydrogens (tertiary/aromatic N) is 1. The fourth-order valence-electron chi connectivity index (χ4n) is 1.37. The predicted molar refractivity (Wildman–Crippen MR) is 65.2 cm³/mol. The van der Waals surface area contributed by atoms with E-state index in [1.165, 1.54) is 12.1 Å². The maximum absolute atomic E-state index is 10.4. The summed E-state index contributed by atoms with van der Waals surface area (Å²) in [4.78, 5) is 10.0. The second-order valence-corrected chi connectivity index (χ2v) is 4.22. The number of ether oxygens (including phenoxy) is 3. The summed E-state index contributed by atoms with van der Waals surface area (Å²) >= 11 is 0. The molecule has 7 heteroatoms. The number of nitro groups is 1. The van der Waals surface area contributed by atoms with Gasteiger partial charge in [-0.25, -0.2) is 0 Å². The molecule has 2 fully saturated rings. The molecule has 2 aliphatic rings. The molecule has 0 aromatic heterocycles. The van der Waals surface area contributed by atoms with Gasteiger partial charge in [0.2, 0.25) is 0 Å². The highest BCUT2D eigenvalue weighted by atomic mass is 16.6. The Balaban J connectivity index is 0.000000224. The molecule has 0 unspecified atom stereocenters. The lowest BCUT2D eigenvalue weighted by molar-refractivity contribution is -0.385. The van der Waals surface area contributed by atoms with Crippen LogP contribution in [0.4, 0.5) is 5.69 Å². The van der Waals surface area contributed by atoms with Crippen LogP contribution in [0.2, 0.25) is 0 Å². The number of non-ortho nitro benzene ring substituents is 1. The summed E-state index contributed by atoms with van der Waals surface area (Å²) in [6, 6.07) is 6.15. The van der Waals surface area contributed by atoms with Crippen LogP contribution in [0.15, 0.2) is 24.3 Å². The van der Waals surface area contributed by atoms with E-state index in [1.807, 2.05) is 0 Å². The van der Waals surface area contributed by atoms with Crippen molar-refractivity contribution in [1.82, 2.24) is 0 Å². The molecule has 0 amide bonds. The Bertz CT molecular complexity index is 430. The van der Waals surface area contributed by atoms with Crippen LogP contribution in [0.1, 0.15) is 0 Å². The zero-order valence-corrected chi connectivity index (χ0v) is 10.2. The van der Waals surface area contributed by atoms with E-state index in [1.54, 1.807) is 12.1 Å². The van der Waals surface area contributed by atoms with Gasteiger partial charge in [-0.1, -0.05) is 6.07 Å². The minimum Gasteiger partial charge on any atom is -0.485 e. The first-order chi connectivity index (χ1) is 9.15. The number of aliphatic hydroxyl groups excluding tert-OH is 1. The van der Waals surface area contributed by atoms with Crippen LogP contribution in [-0.2, 0) is 9.47 Å². The Morgan fingerprint density at radius 3 is 2.32 bits per heavy atom. The van der Waals surface area contributed by atoms with Gasteiger partial charge >= 0.3 is 0 Å². The van der Waals surface area contributed by atoms with E-state index >= 15 is 0 Å². The molecule has 1 N–H and O–H groups in total. The average molecular weight is 269 g/mol. The van der Waals surface area contributed by atoms with Gasteiger partial charge in [0.05, 0.1) is 37.4 Å². The van der Waals surface area contributed by atoms with Crippen molar-refractivity contribution in [2.24, 2.45) is 0 Å². The van der Waals surface area contributed by atoms with Crippen molar-refractivity contribution < 1.29 is 24.2 Å². The molecule has 104 valence electrons. The number of rotatable bonds is 3. The lowest BCUT2D eigenvalue weighted by Gasteiger charge is -2.26. The molecule has 1 aromatic rings. The zero-order chi connectivity index (χ0) is 13.7. The first-order valence-electron chi connectivity index (χ1n) is 5.90. The second kappa shape index (κ2) is 6.46. The van der Waals surface area contributed by atoms with Crippen molar-refractivity contribution in [3.05, 3.63) is 34.4 Å². The maximum atomic E-state index is 10.4. The molecule has 1 aromatic carbocycles. The third kappa shape index (κ3) is 4.16. The van der Waals surface area contributed by atoms with Crippen molar-refractivity contribution in [2.75, 3.05) is 26.4 Å². The summed E-state index contributed by atoms with van der Waals surface area (Å²) in [5.41, 5.74) is 0.0442. The fraction of sp³-hybridized carbons (Fsp3) is 0.500. The number of hydrogen-bond acceptors (Lipinski definition) is 6. The average Bonchev–Trinajstić information content (AvgIpc) is 2.32. The van der Waals surface area contributed by atoms with Crippen LogP contribution in [-0.4, -0.2) is 48.7 Å². The smallest absolute Gasteiger partial charge is 0.273 e. The minimum atomic E-state index is -0.440. The molecular weight excluding hydrogens is 254 g/mol. The molecule has 2 heterocycles. The molecule has 0 radical (unpaired) electrons. The van der Waals surface area contributed by atoms with E-state index in [4.69, 9.17) is 14.6 Å². The van der Waals surface area contributed by atoms with E-state index in [0.717, 1.165) is 0 Å². The lowest BCUT2D eigenvalue weighted by atomic mass is 10.3. The molecule has 0 atom stereocenters. The SMILES string of the molecule is O=[N+]([O-])c1cccc(OC2COC2)c1.OC1COC1. The minimum absolute atomic E-state index is 0.0389. The van der Waals surface area contributed by atoms with E-state index in [-0.39, 0.29) is 17.9 Å². The van der Waals surface area contributed by atoms with Gasteiger partial charge in [0.15, 0.2) is 0 Å². The highest BCUT2D eigenvalue weighted by molar-refractivity contribution is 5.38. The van der Waals surface area contributed by atoms with E-state index < -0.39 is 4.92 Å². The Morgan fingerprint density at radius 2 is 1.89 bits per heavy atom. The number of benzene rings is 1. The summed E-state index contributed by atoms with van der Waals surface area (Å²) in [5, 5.41) is 18.8. The van der Waals surface area contributed by atoms with Gasteiger partial charge in [0, 0.05) is 6.07 Å². The van der Waals surface area contributed by atoms with Gasteiger partial charge < -0.3 is 19.3 Å². The highest BCUT2D eigenvalue weighted by Gasteiger charge is 2.20. The molecule has 7 nitrogen and oxygen atoms in total. The summed E-state index contributed by atoms with van der Waals surface area (Å²) in [6.45, 7) is 2.20. The molecule has 0 aliphatic carbocycles. The normalized spacial score (nSPS) is 18.6. The van der Waals surface area contributed by atoms with Gasteiger partial charge in [0.1, 0.15) is 18.0 Å². The van der Waals surface area contributed by atoms with Crippen molar-refractivity contribution in [2.45, 2.75) is 12.2 Å². The molecular formula is C12H15NO6. The summed E-state index contributed by atoms with van der Waals surface area (Å²) in [5.74, 6) is 0.521. The van der Waals surface area contributed by atoms with Crippen LogP contribution in [0.5, 0.6) is 5.75 Å². The Hall–Kier alpha value is -1.70. The van der Waals surface area contributed by atoms with Gasteiger partial charge in [0.25, 0.3) is 5.69 Å². The third-order valence-electron chi connectivity index (χ3n) is 2.56. The maximum Gasteiger partial charge on any atom is 0.273 e. The number of nitro benzene ring substituents is 1. The fourth-order valence-corrected chi connectivity index (χ4v) is 1.37. The molecule has 0 bridgehead atoms. The Morgan fingerprint density at radius 1 is 1.26 bits per heavy atom. The quantitative estimate of drug-likeness (QED) is 0.643. The van der Waals surface area contributed by atoms with Crippen molar-refractivity contribution in [3.8, 4) is 5.75 Å². The molecule has 3 rings (SSSR count). The first kappa shape index (κ1) is 13.7. The molecule has 2 saturated heterocycles. The number of aliphatic hydroxyl groups is 1. The molecule has 2 aliphatic heterocycles. The monoisotopic (exact) mass is 269 g/mol. The van der Waals surface area contributed by atoms with Gasteiger partial charge in [-0.3, -0.25) is 10.1 Å². The van der Waals surface area contributed by atoms with Crippen molar-refractivity contribution in [1.29, 1.82) is 0 Å². The van der Waals surface area contributed by atoms with Gasteiger partial charge in [-0.15, -0.1) is 0 Å². The first-order valence-corrected chi connectivity index (χ1v) is 5.90. The largest absolute Gasteiger partial charge is 0.485 e. The standard InChI is InChI=1S/C9H9NO4.C3H6O2/c11-10(12)7-2-1-3-8(4-7)14-9-5-13-6-9;4-3-1-5-2-3/h1-4,9H,5-6H2;3-4H,1-2H2. The van der Waals surface area contributed by atoms with Crippen LogP contribution >= 0.6 is 0 Å². The van der Waals surface area contributed by atoms with Crippen LogP contribution < -0.4 is 4.74 Å². The van der Waals surface area contributed by atoms with Crippen molar-refractivity contribution >= 4 is 5.69 Å². The second-order valence-electron chi connectivity index (χ2n) is 4.22. The Labute approximate surface area is 109 Å². The molecule has 19 heavy (non-hydrogen) atoms. The predicted octanol–water partition coefficient (Wildman–Crippen LogP) is 0.750. The zero-order valence-electron chi connectivity index (χ0n) is 10.2. The molecule has 0 spiro atoms. The van der Waals surface area contributed by atoms with Crippen LogP contribution in [0, 0.1) is 10.1 Å². The lowest BCUT2D eigenvalue weighted by Crippen LogP contribution is -2.38. The topological polar surface area (TPSA) is 91.1 Å². The summed E-state index contributed by atoms with van der Waals surface area (Å²) < 4.78 is 14.9. The van der Waals surface area contributed by atoms with Crippen LogP contribution in [0.3, 0.4) is 0 Å². The van der Waals surface area contributed by atoms with E-state index in [9.17, 15) is 10.1 Å². The van der Waals surface area contributed by atoms with E-state index in [0.29, 0.717) is 32.2 Å². The highest BCUT2D eigenvalue weighted by Crippen LogP contribution is 2.21. The Kier molecular flexibility index (Phi) is 4.67. The van der Waals surface area contributed by atoms with Gasteiger partial charge in [-0.05, 0) is 6.07 Å². The summed E-state index contributed by atoms with van der Waals surface area (Å²) in [7, 11) is 0. The number of hydrogen-bond donors (Lipinski definition) is 1. The molecule has 0 saturated carbocycles. The third-order valence-corrected chi connectivity index (χ3v) is 2.56. The van der Waals surface area contributed by atoms with Crippen molar-refractivity contribution in [3.63, 3.8) is 0 Å². The van der Waals surface area contributed by atoms with E-state index in [2.05, 4.69) is 4.74 Å². The summed E-state index contributed by atoms with van der Waals surface area (Å²) in [6.07, 6.45) is -0.119.